The minimum absolute atomic E-state index is 0.422. The van der Waals surface area contributed by atoms with Crippen LogP contribution in [-0.4, -0.2) is 17.1 Å². The number of nitrogens with zero attached hydrogens (tertiary/aromatic N) is 2. The van der Waals surface area contributed by atoms with Crippen LogP contribution in [0.2, 0.25) is 0 Å². The van der Waals surface area contributed by atoms with Crippen molar-refractivity contribution in [3.63, 3.8) is 0 Å². The first kappa shape index (κ1) is 12.8. The van der Waals surface area contributed by atoms with Gasteiger partial charge in [0.05, 0.1) is 12.5 Å². The Bertz CT molecular complexity index is 720. The fraction of sp³-hybridized carbons (Fsp3) is 0.143. The van der Waals surface area contributed by atoms with Gasteiger partial charge < -0.3 is 15.2 Å². The highest BCUT2D eigenvalue weighted by Gasteiger charge is 2.08. The van der Waals surface area contributed by atoms with Crippen LogP contribution >= 0.6 is 11.3 Å². The Morgan fingerprint density at radius 2 is 2.05 bits per heavy atom. The summed E-state index contributed by atoms with van der Waals surface area (Å²) in [6.45, 7) is 0.422. The second-order valence-electron chi connectivity index (χ2n) is 4.14. The topological polar surface area (TPSA) is 70.3 Å². The molecule has 2 heterocycles. The van der Waals surface area contributed by atoms with Crippen molar-refractivity contribution in [2.75, 3.05) is 7.11 Å². The lowest BCUT2D eigenvalue weighted by Crippen LogP contribution is -1.98. The number of aromatic nitrogens is 2. The first-order valence-electron chi connectivity index (χ1n) is 6.04. The summed E-state index contributed by atoms with van der Waals surface area (Å²) in [6, 6.07) is 7.51. The third-order valence-corrected chi connectivity index (χ3v) is 3.67. The van der Waals surface area contributed by atoms with Crippen molar-refractivity contribution in [3.8, 4) is 17.4 Å². The van der Waals surface area contributed by atoms with E-state index in [-0.39, 0.29) is 0 Å². The molecular formula is C14H13N3O2S. The van der Waals surface area contributed by atoms with Crippen molar-refractivity contribution in [2.24, 2.45) is 5.73 Å². The van der Waals surface area contributed by atoms with Gasteiger partial charge in [-0.2, -0.15) is 0 Å². The minimum Gasteiger partial charge on any atom is -0.497 e. The van der Waals surface area contributed by atoms with Crippen LogP contribution in [0.1, 0.15) is 5.56 Å². The van der Waals surface area contributed by atoms with Gasteiger partial charge in [0.2, 0.25) is 5.88 Å². The Kier molecular flexibility index (Phi) is 3.49. The number of ether oxygens (including phenoxy) is 2. The van der Waals surface area contributed by atoms with Gasteiger partial charge in [0, 0.05) is 12.6 Å². The molecule has 20 heavy (non-hydrogen) atoms. The molecule has 0 fully saturated rings. The minimum atomic E-state index is 0.422. The number of thiophene rings is 1. The Balaban J connectivity index is 2.00. The van der Waals surface area contributed by atoms with Crippen LogP contribution in [0.25, 0.3) is 10.2 Å². The van der Waals surface area contributed by atoms with Crippen molar-refractivity contribution in [2.45, 2.75) is 6.54 Å². The van der Waals surface area contributed by atoms with Gasteiger partial charge in [-0.3, -0.25) is 0 Å². The second-order valence-corrected chi connectivity index (χ2v) is 5.04. The zero-order chi connectivity index (χ0) is 13.9. The summed E-state index contributed by atoms with van der Waals surface area (Å²) in [5, 5.41) is 2.86. The molecule has 3 rings (SSSR count). The molecule has 0 amide bonds. The van der Waals surface area contributed by atoms with Crippen LogP contribution in [0.4, 0.5) is 0 Å². The van der Waals surface area contributed by atoms with E-state index in [4.69, 9.17) is 15.2 Å². The Morgan fingerprint density at radius 3 is 2.85 bits per heavy atom. The van der Waals surface area contributed by atoms with Crippen molar-refractivity contribution in [1.29, 1.82) is 0 Å². The Morgan fingerprint density at radius 1 is 1.20 bits per heavy atom. The molecule has 3 aromatic rings. The molecule has 2 aromatic heterocycles. The molecule has 0 aliphatic rings. The maximum absolute atomic E-state index is 5.85. The van der Waals surface area contributed by atoms with Crippen molar-refractivity contribution < 1.29 is 9.47 Å². The van der Waals surface area contributed by atoms with Gasteiger partial charge in [0.15, 0.2) is 0 Å². The summed E-state index contributed by atoms with van der Waals surface area (Å²) in [4.78, 5) is 9.28. The molecule has 6 heteroatoms. The molecule has 0 aliphatic carbocycles. The fourth-order valence-corrected chi connectivity index (χ4v) is 2.61. The average Bonchev–Trinajstić information content (AvgIpc) is 2.96. The lowest BCUT2D eigenvalue weighted by Gasteiger charge is -2.09. The predicted octanol–water partition coefficient (Wildman–Crippen LogP) is 2.95. The van der Waals surface area contributed by atoms with Crippen LogP contribution in [0.5, 0.6) is 17.4 Å². The molecule has 1 aromatic carbocycles. The number of nitrogens with two attached hydrogens (primary N) is 1. The first-order valence-corrected chi connectivity index (χ1v) is 6.92. The summed E-state index contributed by atoms with van der Waals surface area (Å²) in [5.41, 5.74) is 6.61. The molecule has 0 spiro atoms. The van der Waals surface area contributed by atoms with Crippen molar-refractivity contribution >= 4 is 21.6 Å². The number of methoxy groups -OCH3 is 1. The fourth-order valence-electron chi connectivity index (χ4n) is 1.89. The van der Waals surface area contributed by atoms with E-state index in [1.807, 2.05) is 23.6 Å². The third-order valence-electron chi connectivity index (χ3n) is 2.85. The summed E-state index contributed by atoms with van der Waals surface area (Å²) in [5.74, 6) is 1.89. The highest BCUT2D eigenvalue weighted by atomic mass is 32.1. The maximum atomic E-state index is 5.85. The molecule has 0 unspecified atom stereocenters. The van der Waals surface area contributed by atoms with E-state index in [0.29, 0.717) is 23.9 Å². The van der Waals surface area contributed by atoms with E-state index in [9.17, 15) is 0 Å². The highest BCUT2D eigenvalue weighted by molar-refractivity contribution is 7.16. The molecule has 5 nitrogen and oxygen atoms in total. The van der Waals surface area contributed by atoms with E-state index < -0.39 is 0 Å². The zero-order valence-electron chi connectivity index (χ0n) is 10.9. The van der Waals surface area contributed by atoms with Crippen LogP contribution in [-0.2, 0) is 6.54 Å². The first-order chi connectivity index (χ1) is 9.80. The van der Waals surface area contributed by atoms with E-state index in [2.05, 4.69) is 9.97 Å². The highest BCUT2D eigenvalue weighted by Crippen LogP contribution is 2.31. The van der Waals surface area contributed by atoms with Gasteiger partial charge in [0.1, 0.15) is 22.7 Å². The maximum Gasteiger partial charge on any atom is 0.231 e. The van der Waals surface area contributed by atoms with E-state index in [1.54, 1.807) is 24.5 Å². The van der Waals surface area contributed by atoms with Gasteiger partial charge in [0.25, 0.3) is 0 Å². The van der Waals surface area contributed by atoms with E-state index in [1.165, 1.54) is 6.33 Å². The number of benzene rings is 1. The molecule has 2 N–H and O–H groups in total. The summed E-state index contributed by atoms with van der Waals surface area (Å²) in [7, 11) is 1.61. The van der Waals surface area contributed by atoms with Crippen LogP contribution in [0.15, 0.2) is 36.0 Å². The van der Waals surface area contributed by atoms with Crippen LogP contribution in [0.3, 0.4) is 0 Å². The molecule has 0 radical (unpaired) electrons. The molecule has 0 aliphatic heterocycles. The zero-order valence-corrected chi connectivity index (χ0v) is 11.7. The number of rotatable bonds is 4. The van der Waals surface area contributed by atoms with Gasteiger partial charge in [-0.1, -0.05) is 0 Å². The normalized spacial score (nSPS) is 10.7. The average molecular weight is 287 g/mol. The lowest BCUT2D eigenvalue weighted by atomic mass is 10.2. The molecule has 102 valence electrons. The number of hydrogen-bond acceptors (Lipinski definition) is 6. The Labute approximate surface area is 120 Å². The van der Waals surface area contributed by atoms with Crippen molar-refractivity contribution in [1.82, 2.24) is 9.97 Å². The second kappa shape index (κ2) is 5.44. The largest absolute Gasteiger partial charge is 0.497 e. The van der Waals surface area contributed by atoms with Gasteiger partial charge >= 0.3 is 0 Å². The molecule has 0 bridgehead atoms. The van der Waals surface area contributed by atoms with Crippen molar-refractivity contribution in [3.05, 3.63) is 41.5 Å². The molecule has 0 atom stereocenters. The summed E-state index contributed by atoms with van der Waals surface area (Å²) < 4.78 is 11.1. The number of hydrogen-bond donors (Lipinski definition) is 1. The summed E-state index contributed by atoms with van der Waals surface area (Å²) >= 11 is 1.55. The van der Waals surface area contributed by atoms with Gasteiger partial charge in [-0.15, -0.1) is 11.3 Å². The Hall–Kier alpha value is -2.18. The lowest BCUT2D eigenvalue weighted by molar-refractivity contribution is 0.407. The van der Waals surface area contributed by atoms with Gasteiger partial charge in [-0.05, 0) is 29.1 Å². The van der Waals surface area contributed by atoms with Crippen LogP contribution in [0, 0.1) is 0 Å². The molecular weight excluding hydrogens is 274 g/mol. The van der Waals surface area contributed by atoms with Crippen LogP contribution < -0.4 is 15.2 Å². The quantitative estimate of drug-likeness (QED) is 0.799. The van der Waals surface area contributed by atoms with Gasteiger partial charge in [-0.25, -0.2) is 9.97 Å². The monoisotopic (exact) mass is 287 g/mol. The standard InChI is InChI=1S/C14H13N3O2S/c1-18-10-4-9(7-15)5-11(6-10)19-13-12-2-3-20-14(12)17-8-16-13/h2-6,8H,7,15H2,1H3. The predicted molar refractivity (Wildman–Crippen MR) is 78.4 cm³/mol. The molecule has 0 saturated heterocycles. The van der Waals surface area contributed by atoms with E-state index in [0.717, 1.165) is 15.8 Å². The number of fused-ring (bicyclic) bond motifs is 1. The van der Waals surface area contributed by atoms with E-state index >= 15 is 0 Å². The molecule has 0 saturated carbocycles. The third kappa shape index (κ3) is 2.43. The SMILES string of the molecule is COc1cc(CN)cc(Oc2ncnc3sccc23)c1. The smallest absolute Gasteiger partial charge is 0.231 e. The summed E-state index contributed by atoms with van der Waals surface area (Å²) in [6.07, 6.45) is 1.50.